The molecule has 0 fully saturated rings. The topological polar surface area (TPSA) is 76.3 Å². The number of benzene rings is 3. The van der Waals surface area contributed by atoms with Gasteiger partial charge in [0.25, 0.3) is 11.5 Å². The number of carbonyl (C=O) groups excluding carboxylic acids is 1. The SMILES string of the molecule is Cc1ccc(-n2c(SCC(=O)N/N=C/c3ccccc3)nc3ccccc3c2=O)cc1. The average Bonchev–Trinajstić information content (AvgIpc) is 2.79. The summed E-state index contributed by atoms with van der Waals surface area (Å²) < 4.78 is 1.55. The van der Waals surface area contributed by atoms with E-state index in [1.54, 1.807) is 22.9 Å². The maximum atomic E-state index is 13.2. The zero-order chi connectivity index (χ0) is 21.6. The molecular formula is C24H20N4O2S. The van der Waals surface area contributed by atoms with Gasteiger partial charge in [0.05, 0.1) is 28.6 Å². The summed E-state index contributed by atoms with van der Waals surface area (Å²) in [6.45, 7) is 1.99. The van der Waals surface area contributed by atoms with E-state index in [4.69, 9.17) is 0 Å². The van der Waals surface area contributed by atoms with Crippen LogP contribution in [0.25, 0.3) is 16.6 Å². The Labute approximate surface area is 183 Å². The van der Waals surface area contributed by atoms with Crippen LogP contribution in [0.2, 0.25) is 0 Å². The van der Waals surface area contributed by atoms with Crippen molar-refractivity contribution in [2.45, 2.75) is 12.1 Å². The second-order valence-corrected chi connectivity index (χ2v) is 7.82. The Bertz CT molecular complexity index is 1300. The maximum absolute atomic E-state index is 13.2. The van der Waals surface area contributed by atoms with Gasteiger partial charge >= 0.3 is 0 Å². The van der Waals surface area contributed by atoms with Crippen LogP contribution in [0.5, 0.6) is 0 Å². The molecule has 7 heteroatoms. The molecule has 0 saturated heterocycles. The molecule has 1 amide bonds. The van der Waals surface area contributed by atoms with Gasteiger partial charge in [0.15, 0.2) is 5.16 Å². The summed E-state index contributed by atoms with van der Waals surface area (Å²) in [7, 11) is 0. The van der Waals surface area contributed by atoms with E-state index in [0.717, 1.165) is 11.1 Å². The molecule has 1 heterocycles. The molecule has 0 aliphatic rings. The Morgan fingerprint density at radius 2 is 1.74 bits per heavy atom. The van der Waals surface area contributed by atoms with Crippen molar-refractivity contribution in [1.82, 2.24) is 15.0 Å². The lowest BCUT2D eigenvalue weighted by atomic mass is 10.2. The molecule has 0 bridgehead atoms. The van der Waals surface area contributed by atoms with Crippen molar-refractivity contribution in [1.29, 1.82) is 0 Å². The number of hydrogen-bond donors (Lipinski definition) is 1. The van der Waals surface area contributed by atoms with Gasteiger partial charge in [-0.25, -0.2) is 10.4 Å². The number of hydrazone groups is 1. The summed E-state index contributed by atoms with van der Waals surface area (Å²) in [4.78, 5) is 30.1. The molecule has 6 nitrogen and oxygen atoms in total. The van der Waals surface area contributed by atoms with Crippen LogP contribution in [-0.4, -0.2) is 27.4 Å². The number of nitrogens with one attached hydrogen (secondary N) is 1. The first-order chi connectivity index (χ1) is 15.1. The standard InChI is InChI=1S/C24H20N4O2S/c1-17-11-13-19(14-12-17)28-23(30)20-9-5-6-10-21(20)26-24(28)31-16-22(29)27-25-15-18-7-3-2-4-8-18/h2-15H,16H2,1H3,(H,27,29)/b25-15+. The Morgan fingerprint density at radius 3 is 2.52 bits per heavy atom. The van der Waals surface area contributed by atoms with Gasteiger partial charge in [-0.15, -0.1) is 0 Å². The minimum Gasteiger partial charge on any atom is -0.272 e. The number of rotatable bonds is 6. The number of nitrogens with zero attached hydrogens (tertiary/aromatic N) is 3. The summed E-state index contributed by atoms with van der Waals surface area (Å²) >= 11 is 1.20. The van der Waals surface area contributed by atoms with Crippen LogP contribution in [0.3, 0.4) is 0 Å². The summed E-state index contributed by atoms with van der Waals surface area (Å²) in [6.07, 6.45) is 1.58. The van der Waals surface area contributed by atoms with E-state index in [1.807, 2.05) is 73.7 Å². The normalized spacial score (nSPS) is 11.1. The second kappa shape index (κ2) is 9.40. The summed E-state index contributed by atoms with van der Waals surface area (Å²) in [5.41, 5.74) is 5.63. The summed E-state index contributed by atoms with van der Waals surface area (Å²) in [5.74, 6) is -0.210. The lowest BCUT2D eigenvalue weighted by Gasteiger charge is -2.13. The van der Waals surface area contributed by atoms with Gasteiger partial charge in [0, 0.05) is 0 Å². The van der Waals surface area contributed by atoms with E-state index in [9.17, 15) is 9.59 Å². The summed E-state index contributed by atoms with van der Waals surface area (Å²) in [5, 5.41) is 4.97. The Hall–Kier alpha value is -3.71. The van der Waals surface area contributed by atoms with Crippen LogP contribution in [0.15, 0.2) is 93.9 Å². The summed E-state index contributed by atoms with van der Waals surface area (Å²) in [6, 6.07) is 24.3. The third-order valence-corrected chi connectivity index (χ3v) is 5.51. The maximum Gasteiger partial charge on any atom is 0.266 e. The van der Waals surface area contributed by atoms with Crippen molar-refractivity contribution in [2.24, 2.45) is 5.10 Å². The second-order valence-electron chi connectivity index (χ2n) is 6.88. The van der Waals surface area contributed by atoms with Gasteiger partial charge in [-0.05, 0) is 36.8 Å². The third kappa shape index (κ3) is 4.90. The molecule has 0 aliphatic heterocycles. The monoisotopic (exact) mass is 428 g/mol. The Balaban J connectivity index is 1.58. The number of fused-ring (bicyclic) bond motifs is 1. The number of hydrogen-bond acceptors (Lipinski definition) is 5. The molecule has 0 atom stereocenters. The van der Waals surface area contributed by atoms with Crippen LogP contribution < -0.4 is 11.0 Å². The highest BCUT2D eigenvalue weighted by Gasteiger charge is 2.14. The van der Waals surface area contributed by atoms with Crippen molar-refractivity contribution in [3.8, 4) is 5.69 Å². The van der Waals surface area contributed by atoms with Gasteiger partial charge in [0.1, 0.15) is 0 Å². The van der Waals surface area contributed by atoms with Gasteiger partial charge in [0.2, 0.25) is 0 Å². The molecule has 1 N–H and O–H groups in total. The average molecular weight is 429 g/mol. The molecule has 0 unspecified atom stereocenters. The van der Waals surface area contributed by atoms with Crippen molar-refractivity contribution in [2.75, 3.05) is 5.75 Å². The first-order valence-electron chi connectivity index (χ1n) is 9.70. The zero-order valence-corrected chi connectivity index (χ0v) is 17.7. The smallest absolute Gasteiger partial charge is 0.266 e. The van der Waals surface area contributed by atoms with Crippen molar-refractivity contribution >= 4 is 34.8 Å². The molecule has 31 heavy (non-hydrogen) atoms. The minimum absolute atomic E-state index is 0.0722. The molecule has 0 radical (unpaired) electrons. The molecule has 1 aromatic heterocycles. The van der Waals surface area contributed by atoms with Crippen molar-refractivity contribution in [3.05, 3.63) is 100 Å². The first kappa shape index (κ1) is 20.6. The van der Waals surface area contributed by atoms with Gasteiger partial charge in [-0.1, -0.05) is 71.9 Å². The minimum atomic E-state index is -0.282. The van der Waals surface area contributed by atoms with Crippen LogP contribution in [0, 0.1) is 6.92 Å². The quantitative estimate of drug-likeness (QED) is 0.218. The van der Waals surface area contributed by atoms with Crippen molar-refractivity contribution < 1.29 is 4.79 Å². The van der Waals surface area contributed by atoms with Crippen LogP contribution in [0.4, 0.5) is 0 Å². The van der Waals surface area contributed by atoms with E-state index in [1.165, 1.54) is 11.8 Å². The van der Waals surface area contributed by atoms with Crippen molar-refractivity contribution in [3.63, 3.8) is 0 Å². The molecule has 0 saturated carbocycles. The number of aryl methyl sites for hydroxylation is 1. The predicted octanol–water partition coefficient (Wildman–Crippen LogP) is 3.94. The lowest BCUT2D eigenvalue weighted by molar-refractivity contribution is -0.118. The molecular weight excluding hydrogens is 408 g/mol. The highest BCUT2D eigenvalue weighted by atomic mass is 32.2. The van der Waals surface area contributed by atoms with E-state index in [-0.39, 0.29) is 17.2 Å². The van der Waals surface area contributed by atoms with Gasteiger partial charge < -0.3 is 0 Å². The molecule has 3 aromatic carbocycles. The fourth-order valence-electron chi connectivity index (χ4n) is 3.01. The number of thioether (sulfide) groups is 1. The van der Waals surface area contributed by atoms with E-state index in [2.05, 4.69) is 15.5 Å². The van der Waals surface area contributed by atoms with E-state index >= 15 is 0 Å². The van der Waals surface area contributed by atoms with Gasteiger partial charge in [-0.2, -0.15) is 5.10 Å². The Morgan fingerprint density at radius 1 is 1.03 bits per heavy atom. The van der Waals surface area contributed by atoms with E-state index < -0.39 is 0 Å². The number of para-hydroxylation sites is 1. The predicted molar refractivity (Wildman–Crippen MR) is 125 cm³/mol. The first-order valence-corrected chi connectivity index (χ1v) is 10.7. The van der Waals surface area contributed by atoms with Crippen LogP contribution in [-0.2, 0) is 4.79 Å². The van der Waals surface area contributed by atoms with Crippen LogP contribution >= 0.6 is 11.8 Å². The van der Waals surface area contributed by atoms with Crippen LogP contribution in [0.1, 0.15) is 11.1 Å². The molecule has 0 aliphatic carbocycles. The highest BCUT2D eigenvalue weighted by molar-refractivity contribution is 7.99. The number of carbonyl (C=O) groups is 1. The molecule has 4 aromatic rings. The zero-order valence-electron chi connectivity index (χ0n) is 16.9. The lowest BCUT2D eigenvalue weighted by Crippen LogP contribution is -2.24. The molecule has 154 valence electrons. The van der Waals surface area contributed by atoms with Gasteiger partial charge in [-0.3, -0.25) is 14.2 Å². The molecule has 4 rings (SSSR count). The Kier molecular flexibility index (Phi) is 6.24. The largest absolute Gasteiger partial charge is 0.272 e. The number of aromatic nitrogens is 2. The third-order valence-electron chi connectivity index (χ3n) is 4.57. The fourth-order valence-corrected chi connectivity index (χ4v) is 3.82. The molecule has 0 spiro atoms. The van der Waals surface area contributed by atoms with E-state index in [0.29, 0.717) is 21.7 Å². The fraction of sp³-hybridized carbons (Fsp3) is 0.0833. The number of amides is 1. The highest BCUT2D eigenvalue weighted by Crippen LogP contribution is 2.21.